The van der Waals surface area contributed by atoms with Gasteiger partial charge in [0.25, 0.3) is 5.69 Å². The second-order valence-electron chi connectivity index (χ2n) is 17.9. The number of anilines is 4. The fraction of sp³-hybridized carbons (Fsp3) is 0.440. The van der Waals surface area contributed by atoms with E-state index in [4.69, 9.17) is 11.6 Å². The number of amides is 3. The topological polar surface area (TPSA) is 219 Å². The minimum Gasteiger partial charge on any atom is -0.414 e. The summed E-state index contributed by atoms with van der Waals surface area (Å²) in [4.78, 5) is 65.9. The summed E-state index contributed by atoms with van der Waals surface area (Å²) in [7, 11) is 0. The van der Waals surface area contributed by atoms with Crippen LogP contribution in [0.2, 0.25) is 0 Å². The number of piperazine rings is 2. The van der Waals surface area contributed by atoms with Crippen molar-refractivity contribution in [2.24, 2.45) is 0 Å². The quantitative estimate of drug-likeness (QED) is 0.0616. The largest absolute Gasteiger partial charge is 0.414 e. The molecule has 0 bridgehead atoms. The molecule has 4 N–H and O–H groups in total. The minimum absolute atomic E-state index is 0.0747. The summed E-state index contributed by atoms with van der Waals surface area (Å²) in [6, 6.07) is 22.1. The maximum atomic E-state index is 12.7. The number of aromatic amines is 1. The first-order valence-electron chi connectivity index (χ1n) is 24.0. The number of hydrogen-bond acceptors (Lipinski definition) is 14. The molecule has 20 nitrogen and oxygen atoms in total. The Labute approximate surface area is 419 Å². The normalized spacial score (nSPS) is 15.8. The lowest BCUT2D eigenvalue weighted by molar-refractivity contribution is -0.384. The molecular formula is C50H66ClN13O7. The molecule has 21 heteroatoms. The van der Waals surface area contributed by atoms with E-state index in [0.29, 0.717) is 24.7 Å². The van der Waals surface area contributed by atoms with E-state index in [-0.39, 0.29) is 29.3 Å². The van der Waals surface area contributed by atoms with E-state index in [1.807, 2.05) is 4.90 Å². The molecule has 0 spiro atoms. The van der Waals surface area contributed by atoms with Crippen LogP contribution in [0.1, 0.15) is 61.8 Å². The third-order valence-corrected chi connectivity index (χ3v) is 12.1. The molecule has 3 amide bonds. The summed E-state index contributed by atoms with van der Waals surface area (Å²) >= 11 is 4.92. The number of H-pyrrole nitrogens is 1. The van der Waals surface area contributed by atoms with E-state index in [1.165, 1.54) is 128 Å². The summed E-state index contributed by atoms with van der Waals surface area (Å²) < 4.78 is 5.75. The van der Waals surface area contributed by atoms with Crippen molar-refractivity contribution in [3.8, 4) is 5.75 Å². The number of aromatic nitrogens is 4. The van der Waals surface area contributed by atoms with Crippen LogP contribution in [-0.4, -0.2) is 141 Å². The lowest BCUT2D eigenvalue weighted by Crippen LogP contribution is -2.49. The Kier molecular flexibility index (Phi) is 20.3. The standard InChI is InChI=1S/C22H30N6O2.C16H25N3.C7H4ClNO4.C5H7N3O/c1-17-13-19(15-20(14-17)26-6-3-4-7-26)16-25-9-11-27(12-10-25)22(30)28-8-5-21(24-28)23-18(2)29;1-14-10-15(13-18-8-4-17-5-9-18)12-16(11-14)19-6-2-3-7-19;8-7(10)13-6-3-1-5(2-4-6)9(11)12;1-4(9)7-5-2-3-6-8-5/h5,8,13-15H,3-4,6-7,9-12,16H2,1-2H3,(H,23,24,29);10-12,17H,2-9,13H2,1H3;1-4H;2-3H,1H3,(H2,6,7,8,9). The Bertz CT molecular complexity index is 2510. The molecule has 4 saturated heterocycles. The predicted octanol–water partition coefficient (Wildman–Crippen LogP) is 7.24. The number of carbonyl (C=O) groups is 4. The van der Waals surface area contributed by atoms with Crippen LogP contribution in [0.25, 0.3) is 0 Å². The molecule has 5 aromatic rings. The number of benzene rings is 3. The third-order valence-electron chi connectivity index (χ3n) is 12.0. The first-order valence-corrected chi connectivity index (χ1v) is 24.4. The Morgan fingerprint density at radius 1 is 0.704 bits per heavy atom. The molecular weight excluding hydrogens is 930 g/mol. The van der Waals surface area contributed by atoms with Crippen molar-refractivity contribution in [3.63, 3.8) is 0 Å². The van der Waals surface area contributed by atoms with Gasteiger partial charge in [-0.3, -0.25) is 34.6 Å². The number of nitro groups is 1. The van der Waals surface area contributed by atoms with Gasteiger partial charge in [0, 0.05) is 159 Å². The highest BCUT2D eigenvalue weighted by Crippen LogP contribution is 2.26. The summed E-state index contributed by atoms with van der Waals surface area (Å²) in [5.41, 5.74) is 7.23. The van der Waals surface area contributed by atoms with Gasteiger partial charge in [-0.25, -0.2) is 9.59 Å². The van der Waals surface area contributed by atoms with Crippen molar-refractivity contribution in [1.82, 2.24) is 40.0 Å². The molecule has 0 radical (unpaired) electrons. The molecule has 6 heterocycles. The first-order chi connectivity index (χ1) is 34.2. The van der Waals surface area contributed by atoms with Gasteiger partial charge in [0.2, 0.25) is 11.8 Å². The second kappa shape index (κ2) is 26.9. The zero-order valence-electron chi connectivity index (χ0n) is 41.1. The van der Waals surface area contributed by atoms with Crippen LogP contribution in [0, 0.1) is 24.0 Å². The van der Waals surface area contributed by atoms with E-state index in [0.717, 1.165) is 52.4 Å². The van der Waals surface area contributed by atoms with E-state index >= 15 is 0 Å². The number of halogens is 1. The van der Waals surface area contributed by atoms with E-state index < -0.39 is 10.4 Å². The zero-order valence-corrected chi connectivity index (χ0v) is 41.8. The van der Waals surface area contributed by atoms with Crippen molar-refractivity contribution < 1.29 is 28.8 Å². The van der Waals surface area contributed by atoms with E-state index in [1.54, 1.807) is 24.5 Å². The van der Waals surface area contributed by atoms with Crippen molar-refractivity contribution >= 4 is 63.6 Å². The summed E-state index contributed by atoms with van der Waals surface area (Å²) in [5.74, 6) is 0.889. The average molecular weight is 997 g/mol. The number of hydrogen-bond donors (Lipinski definition) is 4. The van der Waals surface area contributed by atoms with Gasteiger partial charge in [-0.2, -0.15) is 9.78 Å². The number of nitro benzene ring substituents is 1. The van der Waals surface area contributed by atoms with Crippen molar-refractivity contribution in [1.29, 1.82) is 0 Å². The lowest BCUT2D eigenvalue weighted by atomic mass is 10.1. The zero-order chi connectivity index (χ0) is 50.7. The molecule has 0 atom stereocenters. The second-order valence-corrected chi connectivity index (χ2v) is 18.2. The summed E-state index contributed by atoms with van der Waals surface area (Å²) in [5, 5.41) is 29.1. The lowest BCUT2D eigenvalue weighted by Gasteiger charge is -2.34. The highest BCUT2D eigenvalue weighted by atomic mass is 35.5. The van der Waals surface area contributed by atoms with Gasteiger partial charge in [0.15, 0.2) is 5.82 Å². The van der Waals surface area contributed by atoms with Crippen LogP contribution in [0.5, 0.6) is 5.75 Å². The summed E-state index contributed by atoms with van der Waals surface area (Å²) in [6.45, 7) is 21.6. The molecule has 380 valence electrons. The maximum absolute atomic E-state index is 12.7. The Morgan fingerprint density at radius 3 is 1.72 bits per heavy atom. The Morgan fingerprint density at radius 2 is 1.24 bits per heavy atom. The molecule has 4 fully saturated rings. The van der Waals surface area contributed by atoms with Crippen LogP contribution in [-0.2, 0) is 22.7 Å². The van der Waals surface area contributed by atoms with Gasteiger partial charge < -0.3 is 35.4 Å². The summed E-state index contributed by atoms with van der Waals surface area (Å²) in [6.07, 6.45) is 8.42. The molecule has 0 saturated carbocycles. The number of carbonyl (C=O) groups excluding carboxylic acids is 4. The van der Waals surface area contributed by atoms with Gasteiger partial charge >= 0.3 is 11.5 Å². The third kappa shape index (κ3) is 17.8. The van der Waals surface area contributed by atoms with Gasteiger partial charge in [-0.15, -0.1) is 5.10 Å². The minimum atomic E-state index is -0.978. The number of nitrogens with zero attached hydrogens (tertiary/aromatic N) is 9. The molecule has 0 unspecified atom stereocenters. The van der Waals surface area contributed by atoms with Gasteiger partial charge in [-0.1, -0.05) is 12.1 Å². The van der Waals surface area contributed by atoms with Crippen molar-refractivity contribution in [2.45, 2.75) is 66.5 Å². The molecule has 9 rings (SSSR count). The highest BCUT2D eigenvalue weighted by molar-refractivity contribution is 6.61. The molecule has 0 aliphatic carbocycles. The van der Waals surface area contributed by atoms with E-state index in [2.05, 4.69) is 106 Å². The van der Waals surface area contributed by atoms with Crippen LogP contribution in [0.3, 0.4) is 0 Å². The van der Waals surface area contributed by atoms with Crippen molar-refractivity contribution in [3.05, 3.63) is 118 Å². The fourth-order valence-electron chi connectivity index (χ4n) is 8.73. The smallest absolute Gasteiger partial charge is 0.409 e. The molecule has 2 aromatic heterocycles. The fourth-order valence-corrected chi connectivity index (χ4v) is 8.82. The molecule has 71 heavy (non-hydrogen) atoms. The van der Waals surface area contributed by atoms with Gasteiger partial charge in [-0.05, 0) is 98.2 Å². The Balaban J connectivity index is 0.000000171. The molecule has 4 aliphatic rings. The van der Waals surface area contributed by atoms with Crippen LogP contribution in [0.4, 0.5) is 38.3 Å². The predicted molar refractivity (Wildman–Crippen MR) is 275 cm³/mol. The Hall–Kier alpha value is -6.87. The maximum Gasteiger partial charge on any atom is 0.409 e. The number of ether oxygens (including phenoxy) is 1. The number of non-ortho nitro benzene ring substituents is 1. The first kappa shape index (κ1) is 53.5. The van der Waals surface area contributed by atoms with Gasteiger partial charge in [0.1, 0.15) is 11.6 Å². The van der Waals surface area contributed by atoms with E-state index in [9.17, 15) is 29.3 Å². The average Bonchev–Trinajstić information content (AvgIpc) is 4.20. The van der Waals surface area contributed by atoms with Crippen LogP contribution >= 0.6 is 11.6 Å². The number of aryl methyl sites for hydroxylation is 2. The van der Waals surface area contributed by atoms with Crippen molar-refractivity contribution in [2.75, 3.05) is 99.0 Å². The molecule has 4 aliphatic heterocycles. The SMILES string of the molecule is CC(=O)Nc1ccn(C(=O)N2CCN(Cc3cc(C)cc(N4CCCC4)c3)CC2)n1.CC(=O)Nc1ccn[nH]1.Cc1cc(CN2CCNCC2)cc(N2CCCC2)c1.O=C(Cl)Oc1ccc([N+](=O)[O-])cc1. The number of rotatable bonds is 10. The van der Waals surface area contributed by atoms with Gasteiger partial charge in [0.05, 0.1) is 11.1 Å². The highest BCUT2D eigenvalue weighted by Gasteiger charge is 2.24. The monoisotopic (exact) mass is 995 g/mol. The van der Waals surface area contributed by atoms with Crippen LogP contribution < -0.4 is 30.5 Å². The van der Waals surface area contributed by atoms with Crippen LogP contribution in [0.15, 0.2) is 85.2 Å². The number of nitrogens with one attached hydrogen (secondary N) is 4. The molecule has 3 aromatic carbocycles.